The van der Waals surface area contributed by atoms with E-state index in [2.05, 4.69) is 10.3 Å². The Bertz CT molecular complexity index is 328. The molecular formula is C9H10N3. The number of nitrogens with zero attached hydrogens (tertiary/aromatic N) is 3. The lowest BCUT2D eigenvalue weighted by Gasteiger charge is -2.08. The van der Waals surface area contributed by atoms with Crippen molar-refractivity contribution in [1.29, 1.82) is 0 Å². The van der Waals surface area contributed by atoms with E-state index in [-0.39, 0.29) is 0 Å². The number of guanidine groups is 1. The third-order valence-corrected chi connectivity index (χ3v) is 1.72. The Balaban J connectivity index is 2.35. The Morgan fingerprint density at radius 2 is 1.75 bits per heavy atom. The number of benzene rings is 1. The number of fused-ring (bicyclic) bond motifs is 1. The Kier molecular flexibility index (Phi) is 1.50. The molecule has 0 spiro atoms. The van der Waals surface area contributed by atoms with E-state index in [1.54, 1.807) is 0 Å². The fraction of sp³-hybridized carbons (Fsp3) is 0.222. The monoisotopic (exact) mass is 160 g/mol. The maximum absolute atomic E-state index is 4.33. The molecule has 0 atom stereocenters. The molecular weight excluding hydrogens is 150 g/mol. The molecule has 0 aromatic heterocycles. The van der Waals surface area contributed by atoms with Gasteiger partial charge in [0.1, 0.15) is 0 Å². The first-order chi connectivity index (χ1) is 5.77. The quantitative estimate of drug-likeness (QED) is 0.565. The highest BCUT2D eigenvalue weighted by Crippen LogP contribution is 2.29. The topological polar surface area (TPSA) is 29.7 Å². The van der Waals surface area contributed by atoms with Crippen LogP contribution in [0.15, 0.2) is 29.3 Å². The van der Waals surface area contributed by atoms with Crippen molar-refractivity contribution in [3.05, 3.63) is 24.3 Å². The molecule has 0 N–H and O–H groups in total. The van der Waals surface area contributed by atoms with E-state index < -0.39 is 0 Å². The van der Waals surface area contributed by atoms with Gasteiger partial charge in [-0.3, -0.25) is 0 Å². The van der Waals surface area contributed by atoms with Crippen molar-refractivity contribution in [2.45, 2.75) is 0 Å². The molecule has 3 heteroatoms. The molecule has 2 rings (SSSR count). The second kappa shape index (κ2) is 2.52. The standard InChI is InChI=1S/C9H10N3/c1-12(2)9-10-7-5-3-4-6-8(7)11-9/h3-6H,1-2H3. The largest absolute Gasteiger partial charge is 0.347 e. The first-order valence-corrected chi connectivity index (χ1v) is 3.84. The van der Waals surface area contributed by atoms with Gasteiger partial charge in [-0.2, -0.15) is 0 Å². The average Bonchev–Trinajstić information content (AvgIpc) is 2.46. The van der Waals surface area contributed by atoms with E-state index in [0.29, 0.717) is 0 Å². The predicted molar refractivity (Wildman–Crippen MR) is 49.0 cm³/mol. The summed E-state index contributed by atoms with van der Waals surface area (Å²) in [6.07, 6.45) is 0. The van der Waals surface area contributed by atoms with E-state index >= 15 is 0 Å². The molecule has 61 valence electrons. The lowest BCUT2D eigenvalue weighted by atomic mass is 10.3. The Morgan fingerprint density at radius 1 is 1.08 bits per heavy atom. The molecule has 12 heavy (non-hydrogen) atoms. The molecule has 0 fully saturated rings. The van der Waals surface area contributed by atoms with Crippen LogP contribution in [-0.4, -0.2) is 25.0 Å². The lowest BCUT2D eigenvalue weighted by Crippen LogP contribution is -2.26. The van der Waals surface area contributed by atoms with Crippen LogP contribution in [0.25, 0.3) is 0 Å². The van der Waals surface area contributed by atoms with Crippen LogP contribution < -0.4 is 5.32 Å². The maximum atomic E-state index is 4.33. The van der Waals surface area contributed by atoms with E-state index in [4.69, 9.17) is 0 Å². The van der Waals surface area contributed by atoms with Crippen LogP contribution in [-0.2, 0) is 0 Å². The molecule has 1 aliphatic rings. The van der Waals surface area contributed by atoms with Gasteiger partial charge in [-0.15, -0.1) is 0 Å². The molecule has 1 radical (unpaired) electrons. The number of aliphatic imine (C=N–C) groups is 1. The minimum Gasteiger partial charge on any atom is -0.347 e. The van der Waals surface area contributed by atoms with Crippen LogP contribution in [0.5, 0.6) is 0 Å². The van der Waals surface area contributed by atoms with E-state index in [1.807, 2.05) is 43.3 Å². The Labute approximate surface area is 71.7 Å². The van der Waals surface area contributed by atoms with Crippen molar-refractivity contribution >= 4 is 17.3 Å². The number of para-hydroxylation sites is 2. The zero-order chi connectivity index (χ0) is 8.55. The van der Waals surface area contributed by atoms with Gasteiger partial charge in [0.2, 0.25) is 5.96 Å². The Hall–Kier alpha value is -1.51. The molecule has 0 saturated carbocycles. The van der Waals surface area contributed by atoms with Crippen molar-refractivity contribution in [2.24, 2.45) is 4.99 Å². The molecule has 1 heterocycles. The highest BCUT2D eigenvalue weighted by molar-refractivity contribution is 5.94. The number of hydrogen-bond acceptors (Lipinski definition) is 2. The number of hydrogen-bond donors (Lipinski definition) is 0. The van der Waals surface area contributed by atoms with E-state index in [0.717, 1.165) is 17.3 Å². The van der Waals surface area contributed by atoms with Crippen molar-refractivity contribution in [1.82, 2.24) is 10.2 Å². The van der Waals surface area contributed by atoms with Gasteiger partial charge >= 0.3 is 0 Å². The van der Waals surface area contributed by atoms with Crippen LogP contribution >= 0.6 is 0 Å². The summed E-state index contributed by atoms with van der Waals surface area (Å²) in [6, 6.07) is 7.87. The second-order valence-corrected chi connectivity index (χ2v) is 2.91. The molecule has 0 bridgehead atoms. The van der Waals surface area contributed by atoms with Crippen LogP contribution in [0.4, 0.5) is 11.4 Å². The fourth-order valence-corrected chi connectivity index (χ4v) is 1.09. The summed E-state index contributed by atoms with van der Waals surface area (Å²) in [5, 5.41) is 4.33. The van der Waals surface area contributed by atoms with Crippen LogP contribution in [0.3, 0.4) is 0 Å². The minimum atomic E-state index is 0.774. The highest BCUT2D eigenvalue weighted by atomic mass is 15.3. The highest BCUT2D eigenvalue weighted by Gasteiger charge is 2.15. The van der Waals surface area contributed by atoms with E-state index in [1.165, 1.54) is 0 Å². The summed E-state index contributed by atoms with van der Waals surface area (Å²) in [4.78, 5) is 6.23. The van der Waals surface area contributed by atoms with Crippen molar-refractivity contribution in [3.8, 4) is 0 Å². The van der Waals surface area contributed by atoms with Crippen LogP contribution in [0.2, 0.25) is 0 Å². The minimum absolute atomic E-state index is 0.774. The van der Waals surface area contributed by atoms with Gasteiger partial charge in [-0.1, -0.05) is 12.1 Å². The third-order valence-electron chi connectivity index (χ3n) is 1.72. The zero-order valence-electron chi connectivity index (χ0n) is 7.15. The van der Waals surface area contributed by atoms with E-state index in [9.17, 15) is 0 Å². The molecule has 1 aliphatic heterocycles. The van der Waals surface area contributed by atoms with Gasteiger partial charge in [0.25, 0.3) is 0 Å². The third kappa shape index (κ3) is 1.03. The summed E-state index contributed by atoms with van der Waals surface area (Å²) in [7, 11) is 3.88. The smallest absolute Gasteiger partial charge is 0.226 e. The van der Waals surface area contributed by atoms with Gasteiger partial charge in [0.05, 0.1) is 11.4 Å². The maximum Gasteiger partial charge on any atom is 0.226 e. The zero-order valence-corrected chi connectivity index (χ0v) is 7.15. The van der Waals surface area contributed by atoms with Crippen molar-refractivity contribution in [3.63, 3.8) is 0 Å². The first kappa shape index (κ1) is 7.16. The first-order valence-electron chi connectivity index (χ1n) is 3.84. The second-order valence-electron chi connectivity index (χ2n) is 2.91. The lowest BCUT2D eigenvalue weighted by molar-refractivity contribution is 0.605. The summed E-state index contributed by atoms with van der Waals surface area (Å²) < 4.78 is 0. The van der Waals surface area contributed by atoms with Gasteiger partial charge in [0, 0.05) is 14.1 Å². The summed E-state index contributed by atoms with van der Waals surface area (Å²) in [5.74, 6) is 0.774. The average molecular weight is 160 g/mol. The molecule has 3 nitrogen and oxygen atoms in total. The van der Waals surface area contributed by atoms with Gasteiger partial charge < -0.3 is 4.90 Å². The fourth-order valence-electron chi connectivity index (χ4n) is 1.09. The van der Waals surface area contributed by atoms with Crippen LogP contribution in [0.1, 0.15) is 0 Å². The van der Waals surface area contributed by atoms with Gasteiger partial charge in [-0.25, -0.2) is 10.3 Å². The van der Waals surface area contributed by atoms with Crippen LogP contribution in [0, 0.1) is 0 Å². The SMILES string of the molecule is CN(C)C1=Nc2ccccc2[N]1. The van der Waals surface area contributed by atoms with Crippen molar-refractivity contribution < 1.29 is 0 Å². The molecule has 0 saturated heterocycles. The molecule has 0 amide bonds. The molecule has 1 aromatic rings. The number of rotatable bonds is 0. The summed E-state index contributed by atoms with van der Waals surface area (Å²) >= 11 is 0. The normalized spacial score (nSPS) is 13.3. The van der Waals surface area contributed by atoms with Gasteiger partial charge in [0.15, 0.2) is 0 Å². The molecule has 0 aliphatic carbocycles. The van der Waals surface area contributed by atoms with Gasteiger partial charge in [-0.05, 0) is 12.1 Å². The predicted octanol–water partition coefficient (Wildman–Crippen LogP) is 1.49. The summed E-state index contributed by atoms with van der Waals surface area (Å²) in [6.45, 7) is 0. The Morgan fingerprint density at radius 3 is 2.33 bits per heavy atom. The molecule has 0 unspecified atom stereocenters. The van der Waals surface area contributed by atoms with Crippen molar-refractivity contribution in [2.75, 3.05) is 14.1 Å². The summed E-state index contributed by atoms with van der Waals surface area (Å²) in [5.41, 5.74) is 1.92. The molecule has 1 aromatic carbocycles.